The van der Waals surface area contributed by atoms with Gasteiger partial charge < -0.3 is 5.32 Å². The molecule has 0 radical (unpaired) electrons. The van der Waals surface area contributed by atoms with Crippen molar-refractivity contribution in [3.05, 3.63) is 29.8 Å². The number of hydrogen-bond donors (Lipinski definition) is 2. The Morgan fingerprint density at radius 2 is 1.48 bits per heavy atom. The number of benzene rings is 1. The molecule has 6 heteroatoms. The van der Waals surface area contributed by atoms with Crippen molar-refractivity contribution in [1.29, 1.82) is 0 Å². The van der Waals surface area contributed by atoms with E-state index in [0.717, 1.165) is 5.69 Å². The van der Waals surface area contributed by atoms with Crippen LogP contribution in [0.2, 0.25) is 0 Å². The fraction of sp³-hybridized carbons (Fsp3) is 0.696. The Hall–Kier alpha value is -1.40. The minimum atomic E-state index is -3.35. The van der Waals surface area contributed by atoms with Crippen molar-refractivity contribution in [3.8, 4) is 0 Å². The van der Waals surface area contributed by atoms with E-state index >= 15 is 0 Å². The first-order valence-electron chi connectivity index (χ1n) is 11.1. The molecule has 0 bridgehead atoms. The van der Waals surface area contributed by atoms with Gasteiger partial charge >= 0.3 is 0 Å². The first-order valence-corrected chi connectivity index (χ1v) is 12.6. The van der Waals surface area contributed by atoms with Gasteiger partial charge in [0.2, 0.25) is 15.9 Å². The number of sulfonamides is 1. The molecular weight excluding hydrogens is 384 g/mol. The van der Waals surface area contributed by atoms with Crippen LogP contribution >= 0.6 is 0 Å². The van der Waals surface area contributed by atoms with Crippen molar-refractivity contribution in [3.63, 3.8) is 0 Å². The highest BCUT2D eigenvalue weighted by molar-refractivity contribution is 7.90. The van der Waals surface area contributed by atoms with Gasteiger partial charge in [0, 0.05) is 17.6 Å². The normalized spacial score (nSPS) is 24.2. The molecule has 1 aromatic rings. The number of nitrogens with one attached hydrogen (secondary N) is 2. The van der Waals surface area contributed by atoms with Crippen LogP contribution in [0.25, 0.3) is 0 Å². The Balaban J connectivity index is 1.48. The Labute approximate surface area is 176 Å². The van der Waals surface area contributed by atoms with Crippen LogP contribution in [0.3, 0.4) is 0 Å². The average molecular weight is 421 g/mol. The molecule has 0 heterocycles. The van der Waals surface area contributed by atoms with Crippen LogP contribution in [0.4, 0.5) is 5.69 Å². The molecule has 2 fully saturated rings. The monoisotopic (exact) mass is 420 g/mol. The first-order chi connectivity index (χ1) is 13.7. The van der Waals surface area contributed by atoms with Gasteiger partial charge in [-0.05, 0) is 82.9 Å². The summed E-state index contributed by atoms with van der Waals surface area (Å²) in [6.07, 6.45) is 9.36. The molecule has 2 aliphatic carbocycles. The van der Waals surface area contributed by atoms with Gasteiger partial charge in [-0.25, -0.2) is 13.1 Å². The molecule has 0 unspecified atom stereocenters. The minimum absolute atomic E-state index is 0.0487. The lowest BCUT2D eigenvalue weighted by Crippen LogP contribution is -2.46. The predicted molar refractivity (Wildman–Crippen MR) is 118 cm³/mol. The number of anilines is 1. The second kappa shape index (κ2) is 9.17. The van der Waals surface area contributed by atoms with Crippen LogP contribution in [0.5, 0.6) is 0 Å². The molecule has 5 nitrogen and oxygen atoms in total. The van der Waals surface area contributed by atoms with Gasteiger partial charge in [0.1, 0.15) is 0 Å². The molecule has 2 aliphatic rings. The molecule has 162 valence electrons. The van der Waals surface area contributed by atoms with Crippen LogP contribution in [0.15, 0.2) is 24.3 Å². The van der Waals surface area contributed by atoms with Gasteiger partial charge in [0.15, 0.2) is 0 Å². The van der Waals surface area contributed by atoms with E-state index in [0.29, 0.717) is 31.6 Å². The lowest BCUT2D eigenvalue weighted by atomic mass is 9.84. The highest BCUT2D eigenvalue weighted by Crippen LogP contribution is 2.33. The van der Waals surface area contributed by atoms with Gasteiger partial charge in [-0.15, -0.1) is 0 Å². The minimum Gasteiger partial charge on any atom is -0.326 e. The molecule has 1 amide bonds. The van der Waals surface area contributed by atoms with E-state index in [9.17, 15) is 13.2 Å². The summed E-state index contributed by atoms with van der Waals surface area (Å²) in [4.78, 5) is 12.7. The van der Waals surface area contributed by atoms with E-state index in [-0.39, 0.29) is 17.9 Å². The van der Waals surface area contributed by atoms with E-state index in [1.165, 1.54) is 37.7 Å². The van der Waals surface area contributed by atoms with Gasteiger partial charge in [-0.1, -0.05) is 31.4 Å². The Morgan fingerprint density at radius 3 is 2.03 bits per heavy atom. The molecule has 0 saturated heterocycles. The fourth-order valence-corrected chi connectivity index (χ4v) is 5.42. The third-order valence-corrected chi connectivity index (χ3v) is 8.74. The van der Waals surface area contributed by atoms with E-state index in [4.69, 9.17) is 0 Å². The zero-order chi connectivity index (χ0) is 21.1. The van der Waals surface area contributed by atoms with Crippen LogP contribution in [-0.4, -0.2) is 25.1 Å². The summed E-state index contributed by atoms with van der Waals surface area (Å²) in [6, 6.07) is 8.28. The zero-order valence-corrected chi connectivity index (χ0v) is 18.9. The summed E-state index contributed by atoms with van der Waals surface area (Å²) in [5.74, 6) is 0.664. The lowest BCUT2D eigenvalue weighted by molar-refractivity contribution is -0.120. The topological polar surface area (TPSA) is 75.3 Å². The van der Waals surface area contributed by atoms with Gasteiger partial charge in [-0.2, -0.15) is 0 Å². The summed E-state index contributed by atoms with van der Waals surface area (Å²) in [6.45, 7) is 5.11. The highest BCUT2D eigenvalue weighted by Gasteiger charge is 2.34. The van der Waals surface area contributed by atoms with Crippen molar-refractivity contribution in [2.75, 3.05) is 5.32 Å². The van der Waals surface area contributed by atoms with Crippen molar-refractivity contribution in [2.24, 2.45) is 5.92 Å². The number of hydrogen-bond acceptors (Lipinski definition) is 3. The first kappa shape index (κ1) is 22.3. The summed E-state index contributed by atoms with van der Waals surface area (Å²) in [7, 11) is -3.35. The van der Waals surface area contributed by atoms with E-state index in [1.54, 1.807) is 20.8 Å². The van der Waals surface area contributed by atoms with Crippen LogP contribution in [0, 0.1) is 5.92 Å². The lowest BCUT2D eigenvalue weighted by Gasteiger charge is -2.30. The van der Waals surface area contributed by atoms with Gasteiger partial charge in [-0.3, -0.25) is 4.79 Å². The molecular formula is C23H36N2O3S. The van der Waals surface area contributed by atoms with Crippen molar-refractivity contribution in [2.45, 2.75) is 95.3 Å². The molecule has 0 atom stereocenters. The smallest absolute Gasteiger partial charge is 0.227 e. The summed E-state index contributed by atoms with van der Waals surface area (Å²) < 4.78 is 26.7. The molecule has 0 spiro atoms. The fourth-order valence-electron chi connectivity index (χ4n) is 4.39. The van der Waals surface area contributed by atoms with E-state index in [1.807, 2.05) is 12.1 Å². The van der Waals surface area contributed by atoms with Crippen molar-refractivity contribution >= 4 is 21.6 Å². The van der Waals surface area contributed by atoms with Crippen LogP contribution < -0.4 is 10.0 Å². The van der Waals surface area contributed by atoms with Crippen LogP contribution in [-0.2, 0) is 14.8 Å². The summed E-state index contributed by atoms with van der Waals surface area (Å²) in [5, 5.41) is 3.05. The molecule has 2 saturated carbocycles. The van der Waals surface area contributed by atoms with Crippen molar-refractivity contribution < 1.29 is 13.2 Å². The quantitative estimate of drug-likeness (QED) is 0.708. The van der Waals surface area contributed by atoms with Gasteiger partial charge in [0.25, 0.3) is 0 Å². The number of carbonyl (C=O) groups excluding carboxylic acids is 1. The third kappa shape index (κ3) is 5.82. The molecule has 0 aromatic heterocycles. The van der Waals surface area contributed by atoms with Crippen LogP contribution in [0.1, 0.15) is 90.0 Å². The molecule has 2 N–H and O–H groups in total. The van der Waals surface area contributed by atoms with Crippen molar-refractivity contribution in [1.82, 2.24) is 4.72 Å². The standard InChI is InChI=1S/C23H36N2O3S/c1-23(2,3)29(27,28)25-21-15-11-19(12-16-21)22(26)24-20-13-9-18(10-14-20)17-7-5-4-6-8-17/h9-10,13-14,17,19,21,25H,4-8,11-12,15-16H2,1-3H3,(H,24,26)/t19-,21-. The highest BCUT2D eigenvalue weighted by atomic mass is 32.2. The predicted octanol–water partition coefficient (Wildman–Crippen LogP) is 4.95. The largest absolute Gasteiger partial charge is 0.326 e. The SMILES string of the molecule is CC(C)(C)S(=O)(=O)N[C@H]1CC[C@H](C(=O)Nc2ccc(C3CCCCC3)cc2)CC1. The zero-order valence-electron chi connectivity index (χ0n) is 18.0. The number of amides is 1. The maximum absolute atomic E-state index is 12.7. The molecule has 3 rings (SSSR count). The Kier molecular flexibility index (Phi) is 7.05. The molecule has 1 aromatic carbocycles. The summed E-state index contributed by atoms with van der Waals surface area (Å²) >= 11 is 0. The second-order valence-electron chi connectivity index (χ2n) is 9.73. The van der Waals surface area contributed by atoms with Gasteiger partial charge in [0.05, 0.1) is 4.75 Å². The molecule has 0 aliphatic heterocycles. The maximum Gasteiger partial charge on any atom is 0.227 e. The average Bonchev–Trinajstić information content (AvgIpc) is 2.68. The van der Waals surface area contributed by atoms with E-state index in [2.05, 4.69) is 22.2 Å². The Morgan fingerprint density at radius 1 is 0.897 bits per heavy atom. The second-order valence-corrected chi connectivity index (χ2v) is 12.2. The summed E-state index contributed by atoms with van der Waals surface area (Å²) in [5.41, 5.74) is 2.24. The maximum atomic E-state index is 12.7. The Bertz CT molecular complexity index is 782. The third-order valence-electron chi connectivity index (χ3n) is 6.48. The molecule has 29 heavy (non-hydrogen) atoms. The van der Waals surface area contributed by atoms with E-state index < -0.39 is 14.8 Å². The number of rotatable bonds is 5. The number of carbonyl (C=O) groups is 1.